The van der Waals surface area contributed by atoms with Crippen LogP contribution in [-0.2, 0) is 14.3 Å². The summed E-state index contributed by atoms with van der Waals surface area (Å²) in [6.45, 7) is 4.84. The zero-order valence-corrected chi connectivity index (χ0v) is 43.2. The average molecular weight is 913 g/mol. The summed E-state index contributed by atoms with van der Waals surface area (Å²) in [5.41, 5.74) is 0. The van der Waals surface area contributed by atoms with Gasteiger partial charge in [-0.1, -0.05) is 249 Å². The minimum absolute atomic E-state index is 0.0267. The van der Waals surface area contributed by atoms with Gasteiger partial charge in [-0.05, 0) is 77.0 Å². The number of hydrogen-bond acceptors (Lipinski definition) is 5. The van der Waals surface area contributed by atoms with Crippen LogP contribution in [0.5, 0.6) is 0 Å². The zero-order chi connectivity index (χ0) is 47.2. The molecule has 2 atom stereocenters. The molecule has 0 aliphatic heterocycles. The predicted molar refractivity (Wildman–Crippen MR) is 282 cm³/mol. The van der Waals surface area contributed by atoms with Gasteiger partial charge < -0.3 is 20.3 Å². The molecule has 0 heterocycles. The Labute approximate surface area is 404 Å². The van der Waals surface area contributed by atoms with Crippen molar-refractivity contribution in [3.8, 4) is 0 Å². The van der Waals surface area contributed by atoms with Gasteiger partial charge in [-0.3, -0.25) is 9.59 Å². The van der Waals surface area contributed by atoms with Gasteiger partial charge in [0, 0.05) is 12.8 Å². The van der Waals surface area contributed by atoms with E-state index >= 15 is 0 Å². The maximum absolute atomic E-state index is 12.4. The number of aliphatic hydroxyl groups is 2. The fourth-order valence-corrected chi connectivity index (χ4v) is 8.44. The van der Waals surface area contributed by atoms with Gasteiger partial charge in [-0.2, -0.15) is 0 Å². The van der Waals surface area contributed by atoms with E-state index in [-0.39, 0.29) is 18.5 Å². The van der Waals surface area contributed by atoms with Gasteiger partial charge in [0.25, 0.3) is 0 Å². The number of rotatable bonds is 52. The van der Waals surface area contributed by atoms with Gasteiger partial charge in [0.15, 0.2) is 0 Å². The van der Waals surface area contributed by atoms with Gasteiger partial charge in [-0.15, -0.1) is 0 Å². The number of hydrogen-bond donors (Lipinski definition) is 3. The normalized spacial score (nSPS) is 13.0. The first-order valence-corrected chi connectivity index (χ1v) is 28.4. The highest BCUT2D eigenvalue weighted by Gasteiger charge is 2.17. The number of unbranched alkanes of at least 4 members (excludes halogenated alkanes) is 35. The highest BCUT2D eigenvalue weighted by molar-refractivity contribution is 5.76. The van der Waals surface area contributed by atoms with E-state index in [0.29, 0.717) is 25.9 Å². The molecule has 0 aliphatic rings. The summed E-state index contributed by atoms with van der Waals surface area (Å²) < 4.78 is 5.45. The number of amides is 1. The molecule has 380 valence electrons. The standard InChI is InChI=1S/C59H109NO5/c1-3-5-7-9-11-13-15-17-19-20-21-22-23-25-27-31-35-39-43-47-51-57(62)56(55-61)60-58(63)52-48-44-40-36-32-28-26-30-34-38-42-46-50-54-65-59(64)53-49-45-41-37-33-29-24-18-16-14-12-10-8-6-4-2/h18,24,28,32,40,44,47,51,56-57,61-62H,3-17,19-23,25-27,29-31,33-39,41-43,45-46,48-50,52-55H2,1-2H3,(H,60,63)/b24-18-,32-28-,44-40-,51-47+. The first kappa shape index (κ1) is 62.8. The number of carbonyl (C=O) groups is 2. The minimum Gasteiger partial charge on any atom is -0.466 e. The van der Waals surface area contributed by atoms with Crippen LogP contribution in [-0.4, -0.2) is 47.4 Å². The molecule has 6 heteroatoms. The summed E-state index contributed by atoms with van der Waals surface area (Å²) in [7, 11) is 0. The van der Waals surface area contributed by atoms with E-state index in [4.69, 9.17) is 4.74 Å². The molecule has 2 unspecified atom stereocenters. The molecule has 0 spiro atoms. The van der Waals surface area contributed by atoms with Crippen LogP contribution in [0.4, 0.5) is 0 Å². The smallest absolute Gasteiger partial charge is 0.305 e. The predicted octanol–water partition coefficient (Wildman–Crippen LogP) is 17.4. The monoisotopic (exact) mass is 912 g/mol. The fourth-order valence-electron chi connectivity index (χ4n) is 8.44. The lowest BCUT2D eigenvalue weighted by Crippen LogP contribution is -2.45. The molecule has 3 N–H and O–H groups in total. The summed E-state index contributed by atoms with van der Waals surface area (Å²) in [5.74, 6) is -0.175. The number of carbonyl (C=O) groups excluding carboxylic acids is 2. The summed E-state index contributed by atoms with van der Waals surface area (Å²) in [6, 6.07) is -0.673. The van der Waals surface area contributed by atoms with E-state index in [9.17, 15) is 19.8 Å². The number of esters is 1. The SMILES string of the molecule is CCCCCCCC/C=C\CCCCCCCC(=O)OCCCCCCCC/C=C\C/C=C\CCC(=O)NC(CO)C(O)/C=C/CCCCCCCCCCCCCCCCCCCC. The van der Waals surface area contributed by atoms with Gasteiger partial charge in [0.05, 0.1) is 25.4 Å². The molecule has 0 saturated heterocycles. The van der Waals surface area contributed by atoms with E-state index in [1.54, 1.807) is 6.08 Å². The second-order valence-corrected chi connectivity index (χ2v) is 19.3. The Bertz CT molecular complexity index is 1100. The topological polar surface area (TPSA) is 95.9 Å². The Balaban J connectivity index is 3.59. The van der Waals surface area contributed by atoms with Crippen LogP contribution in [0, 0.1) is 0 Å². The number of nitrogens with one attached hydrogen (secondary N) is 1. The lowest BCUT2D eigenvalue weighted by atomic mass is 10.0. The van der Waals surface area contributed by atoms with E-state index < -0.39 is 12.1 Å². The molecule has 0 aliphatic carbocycles. The average Bonchev–Trinajstić information content (AvgIpc) is 3.31. The summed E-state index contributed by atoms with van der Waals surface area (Å²) in [6.07, 6.45) is 68.5. The molecule has 0 radical (unpaired) electrons. The molecule has 6 nitrogen and oxygen atoms in total. The number of aliphatic hydroxyl groups excluding tert-OH is 2. The molecule has 0 aromatic rings. The van der Waals surface area contributed by atoms with Crippen LogP contribution >= 0.6 is 0 Å². The summed E-state index contributed by atoms with van der Waals surface area (Å²) >= 11 is 0. The van der Waals surface area contributed by atoms with Crippen molar-refractivity contribution >= 4 is 11.9 Å². The van der Waals surface area contributed by atoms with Crippen LogP contribution in [0.15, 0.2) is 48.6 Å². The molecule has 0 fully saturated rings. The Morgan fingerprint density at radius 3 is 1.22 bits per heavy atom. The lowest BCUT2D eigenvalue weighted by molar-refractivity contribution is -0.143. The van der Waals surface area contributed by atoms with Crippen LogP contribution in [0.25, 0.3) is 0 Å². The third-order valence-electron chi connectivity index (χ3n) is 12.8. The van der Waals surface area contributed by atoms with E-state index in [1.807, 2.05) is 12.2 Å². The Hall–Kier alpha value is -2.18. The summed E-state index contributed by atoms with van der Waals surface area (Å²) in [4.78, 5) is 24.5. The fraction of sp³-hybridized carbons (Fsp3) is 0.831. The molecule has 0 saturated carbocycles. The first-order valence-electron chi connectivity index (χ1n) is 28.4. The van der Waals surface area contributed by atoms with Gasteiger partial charge in [0.1, 0.15) is 0 Å². The van der Waals surface area contributed by atoms with Crippen LogP contribution in [0.2, 0.25) is 0 Å². The third-order valence-corrected chi connectivity index (χ3v) is 12.8. The largest absolute Gasteiger partial charge is 0.466 e. The number of ether oxygens (including phenoxy) is 1. The van der Waals surface area contributed by atoms with Crippen LogP contribution < -0.4 is 5.32 Å². The Morgan fingerprint density at radius 2 is 0.785 bits per heavy atom. The highest BCUT2D eigenvalue weighted by atomic mass is 16.5. The molecule has 0 bridgehead atoms. The maximum Gasteiger partial charge on any atom is 0.305 e. The van der Waals surface area contributed by atoms with Crippen molar-refractivity contribution in [2.75, 3.05) is 13.2 Å². The van der Waals surface area contributed by atoms with Crippen molar-refractivity contribution in [1.29, 1.82) is 0 Å². The van der Waals surface area contributed by atoms with E-state index in [2.05, 4.69) is 49.5 Å². The molecular weight excluding hydrogens is 803 g/mol. The van der Waals surface area contributed by atoms with E-state index in [1.165, 1.54) is 205 Å². The van der Waals surface area contributed by atoms with Crippen LogP contribution in [0.1, 0.15) is 290 Å². The second kappa shape index (κ2) is 54.4. The van der Waals surface area contributed by atoms with Crippen molar-refractivity contribution in [3.63, 3.8) is 0 Å². The molecule has 0 rings (SSSR count). The lowest BCUT2D eigenvalue weighted by Gasteiger charge is -2.19. The Kier molecular flexibility index (Phi) is 52.6. The van der Waals surface area contributed by atoms with Crippen molar-refractivity contribution in [2.24, 2.45) is 0 Å². The minimum atomic E-state index is -0.881. The van der Waals surface area contributed by atoms with Crippen LogP contribution in [0.3, 0.4) is 0 Å². The first-order chi connectivity index (χ1) is 32.0. The third kappa shape index (κ3) is 51.1. The maximum atomic E-state index is 12.4. The number of allylic oxidation sites excluding steroid dienone is 7. The van der Waals surface area contributed by atoms with Crippen molar-refractivity contribution in [2.45, 2.75) is 302 Å². The van der Waals surface area contributed by atoms with Crippen molar-refractivity contribution in [3.05, 3.63) is 48.6 Å². The molecular formula is C59H109NO5. The highest BCUT2D eigenvalue weighted by Crippen LogP contribution is 2.16. The molecule has 0 aromatic heterocycles. The Morgan fingerprint density at radius 1 is 0.431 bits per heavy atom. The zero-order valence-electron chi connectivity index (χ0n) is 43.2. The second-order valence-electron chi connectivity index (χ2n) is 19.3. The molecule has 65 heavy (non-hydrogen) atoms. The quantitative estimate of drug-likeness (QED) is 0.0321. The van der Waals surface area contributed by atoms with Gasteiger partial charge in [0.2, 0.25) is 5.91 Å². The van der Waals surface area contributed by atoms with Gasteiger partial charge in [-0.25, -0.2) is 0 Å². The molecule has 1 amide bonds. The van der Waals surface area contributed by atoms with E-state index in [0.717, 1.165) is 51.4 Å². The van der Waals surface area contributed by atoms with Crippen molar-refractivity contribution in [1.82, 2.24) is 5.32 Å². The summed E-state index contributed by atoms with van der Waals surface area (Å²) in [5, 5.41) is 23.1. The molecule has 0 aromatic carbocycles. The van der Waals surface area contributed by atoms with Crippen molar-refractivity contribution < 1.29 is 24.5 Å². The van der Waals surface area contributed by atoms with Gasteiger partial charge >= 0.3 is 5.97 Å².